The van der Waals surface area contributed by atoms with Crippen LogP contribution in [0.3, 0.4) is 0 Å². The first-order chi connectivity index (χ1) is 12.0. The van der Waals surface area contributed by atoms with E-state index in [4.69, 9.17) is 4.42 Å². The van der Waals surface area contributed by atoms with E-state index in [1.807, 2.05) is 56.3 Å². The topological polar surface area (TPSA) is 51.3 Å². The van der Waals surface area contributed by atoms with Crippen LogP contribution in [-0.4, -0.2) is 33.4 Å². The summed E-state index contributed by atoms with van der Waals surface area (Å²) < 4.78 is 7.95. The standard InChI is InChI=1S/C20H23N3O2/c1-13-11-22(3)19(21-13)15-7-6-10-23(12-15)20(24)18-14(2)16-8-4-5-9-17(16)25-18/h4-5,8-9,11,15H,6-7,10,12H2,1-3H3/t15-/m1/s1. The normalized spacial score (nSPS) is 18.0. The van der Waals surface area contributed by atoms with Crippen molar-refractivity contribution in [2.24, 2.45) is 7.05 Å². The molecule has 0 spiro atoms. The minimum absolute atomic E-state index is 0.00988. The van der Waals surface area contributed by atoms with Gasteiger partial charge in [0.1, 0.15) is 11.4 Å². The maximum Gasteiger partial charge on any atom is 0.289 e. The van der Waals surface area contributed by atoms with Gasteiger partial charge in [0.25, 0.3) is 5.91 Å². The smallest absolute Gasteiger partial charge is 0.289 e. The lowest BCUT2D eigenvalue weighted by Crippen LogP contribution is -2.39. The van der Waals surface area contributed by atoms with Crippen LogP contribution in [0, 0.1) is 13.8 Å². The number of amides is 1. The highest BCUT2D eigenvalue weighted by Gasteiger charge is 2.30. The van der Waals surface area contributed by atoms with Crippen LogP contribution in [0.15, 0.2) is 34.9 Å². The molecule has 1 aliphatic heterocycles. The molecule has 1 saturated heterocycles. The lowest BCUT2D eigenvalue weighted by Gasteiger charge is -2.32. The van der Waals surface area contributed by atoms with Gasteiger partial charge >= 0.3 is 0 Å². The zero-order chi connectivity index (χ0) is 17.6. The second-order valence-electron chi connectivity index (χ2n) is 6.99. The van der Waals surface area contributed by atoms with Crippen LogP contribution < -0.4 is 0 Å². The van der Waals surface area contributed by atoms with Crippen LogP contribution in [0.2, 0.25) is 0 Å². The first kappa shape index (κ1) is 15.9. The molecule has 0 N–H and O–H groups in total. The van der Waals surface area contributed by atoms with E-state index < -0.39 is 0 Å². The first-order valence-electron chi connectivity index (χ1n) is 8.82. The van der Waals surface area contributed by atoms with Gasteiger partial charge in [0.15, 0.2) is 5.76 Å². The number of rotatable bonds is 2. The molecule has 25 heavy (non-hydrogen) atoms. The summed E-state index contributed by atoms with van der Waals surface area (Å²) in [6.45, 7) is 5.43. The Morgan fingerprint density at radius 1 is 1.28 bits per heavy atom. The summed E-state index contributed by atoms with van der Waals surface area (Å²) in [6, 6.07) is 7.81. The molecule has 5 nitrogen and oxygen atoms in total. The van der Waals surface area contributed by atoms with Gasteiger partial charge in [0.2, 0.25) is 0 Å². The summed E-state index contributed by atoms with van der Waals surface area (Å²) in [6.07, 6.45) is 4.09. The third-order valence-electron chi connectivity index (χ3n) is 5.14. The van der Waals surface area contributed by atoms with Crippen molar-refractivity contribution in [3.8, 4) is 0 Å². The minimum atomic E-state index is -0.00988. The van der Waals surface area contributed by atoms with E-state index >= 15 is 0 Å². The number of likely N-dealkylation sites (tertiary alicyclic amines) is 1. The fraction of sp³-hybridized carbons (Fsp3) is 0.400. The average Bonchev–Trinajstić information content (AvgIpc) is 3.14. The predicted molar refractivity (Wildman–Crippen MR) is 96.8 cm³/mol. The summed E-state index contributed by atoms with van der Waals surface area (Å²) in [5.74, 6) is 1.81. The Kier molecular flexibility index (Phi) is 3.86. The van der Waals surface area contributed by atoms with Gasteiger partial charge < -0.3 is 13.9 Å². The number of furan rings is 1. The molecule has 0 saturated carbocycles. The minimum Gasteiger partial charge on any atom is -0.451 e. The van der Waals surface area contributed by atoms with Crippen LogP contribution >= 0.6 is 0 Å². The maximum absolute atomic E-state index is 13.1. The number of carbonyl (C=O) groups is 1. The second kappa shape index (κ2) is 6.06. The molecule has 130 valence electrons. The summed E-state index contributed by atoms with van der Waals surface area (Å²) in [4.78, 5) is 19.6. The van der Waals surface area contributed by atoms with Gasteiger partial charge in [-0.3, -0.25) is 4.79 Å². The fourth-order valence-corrected chi connectivity index (χ4v) is 3.91. The molecule has 3 aromatic rings. The molecule has 5 heteroatoms. The van der Waals surface area contributed by atoms with E-state index in [0.717, 1.165) is 47.4 Å². The van der Waals surface area contributed by atoms with Gasteiger partial charge in [-0.15, -0.1) is 0 Å². The Bertz CT molecular complexity index is 938. The van der Waals surface area contributed by atoms with Gasteiger partial charge in [0, 0.05) is 43.2 Å². The van der Waals surface area contributed by atoms with Gasteiger partial charge in [0.05, 0.1) is 5.69 Å². The van der Waals surface area contributed by atoms with Gasteiger partial charge in [-0.2, -0.15) is 0 Å². The van der Waals surface area contributed by atoms with Crippen LogP contribution in [0.25, 0.3) is 11.0 Å². The number of carbonyl (C=O) groups excluding carboxylic acids is 1. The largest absolute Gasteiger partial charge is 0.451 e. The third kappa shape index (κ3) is 2.73. The van der Waals surface area contributed by atoms with Gasteiger partial charge in [-0.25, -0.2) is 4.98 Å². The quantitative estimate of drug-likeness (QED) is 0.714. The highest BCUT2D eigenvalue weighted by atomic mass is 16.3. The highest BCUT2D eigenvalue weighted by Crippen LogP contribution is 2.30. The second-order valence-corrected chi connectivity index (χ2v) is 6.99. The van der Waals surface area contributed by atoms with E-state index in [9.17, 15) is 4.79 Å². The Morgan fingerprint density at radius 3 is 2.80 bits per heavy atom. The number of para-hydroxylation sites is 1. The number of hydrogen-bond donors (Lipinski definition) is 0. The average molecular weight is 337 g/mol. The third-order valence-corrected chi connectivity index (χ3v) is 5.14. The van der Waals surface area contributed by atoms with Crippen LogP contribution in [0.1, 0.15) is 46.4 Å². The summed E-state index contributed by atoms with van der Waals surface area (Å²) >= 11 is 0. The number of hydrogen-bond acceptors (Lipinski definition) is 3. The fourth-order valence-electron chi connectivity index (χ4n) is 3.91. The van der Waals surface area contributed by atoms with E-state index in [2.05, 4.69) is 9.55 Å². The molecule has 0 bridgehead atoms. The highest BCUT2D eigenvalue weighted by molar-refractivity contribution is 5.99. The Morgan fingerprint density at radius 2 is 2.08 bits per heavy atom. The summed E-state index contributed by atoms with van der Waals surface area (Å²) in [7, 11) is 2.03. The molecule has 1 fully saturated rings. The predicted octanol–water partition coefficient (Wildman–Crippen LogP) is 3.80. The molecule has 0 radical (unpaired) electrons. The van der Waals surface area contributed by atoms with Crippen molar-refractivity contribution in [3.05, 3.63) is 53.3 Å². The number of aryl methyl sites for hydroxylation is 3. The Balaban J connectivity index is 1.61. The van der Waals surface area contributed by atoms with Crippen molar-refractivity contribution < 1.29 is 9.21 Å². The number of aromatic nitrogens is 2. The van der Waals surface area contributed by atoms with Crippen molar-refractivity contribution >= 4 is 16.9 Å². The monoisotopic (exact) mass is 337 g/mol. The van der Waals surface area contributed by atoms with Gasteiger partial charge in [-0.1, -0.05) is 18.2 Å². The molecular formula is C20H23N3O2. The Labute approximate surface area is 147 Å². The molecule has 1 amide bonds. The van der Waals surface area contributed by atoms with E-state index in [-0.39, 0.29) is 11.8 Å². The number of fused-ring (bicyclic) bond motifs is 1. The molecule has 0 unspecified atom stereocenters. The number of benzene rings is 1. The molecule has 4 rings (SSSR count). The van der Waals surface area contributed by atoms with Crippen molar-refractivity contribution in [1.29, 1.82) is 0 Å². The molecule has 1 aliphatic rings. The van der Waals surface area contributed by atoms with Gasteiger partial charge in [-0.05, 0) is 32.8 Å². The molecular weight excluding hydrogens is 314 g/mol. The molecule has 1 aromatic carbocycles. The van der Waals surface area contributed by atoms with Crippen molar-refractivity contribution in [1.82, 2.24) is 14.5 Å². The van der Waals surface area contributed by atoms with E-state index in [1.54, 1.807) is 0 Å². The number of piperidine rings is 1. The maximum atomic E-state index is 13.1. The molecule has 2 aromatic heterocycles. The van der Waals surface area contributed by atoms with Crippen LogP contribution in [0.5, 0.6) is 0 Å². The molecule has 0 aliphatic carbocycles. The van der Waals surface area contributed by atoms with Crippen molar-refractivity contribution in [2.75, 3.05) is 13.1 Å². The summed E-state index contributed by atoms with van der Waals surface area (Å²) in [5.41, 5.74) is 2.72. The lowest BCUT2D eigenvalue weighted by atomic mass is 9.96. The SMILES string of the molecule is Cc1cn(C)c([C@@H]2CCCN(C(=O)c3oc4ccccc4c3C)C2)n1. The summed E-state index contributed by atoms with van der Waals surface area (Å²) in [5, 5.41) is 1.01. The Hall–Kier alpha value is -2.56. The zero-order valence-corrected chi connectivity index (χ0v) is 15.0. The molecule has 1 atom stereocenters. The molecule has 3 heterocycles. The van der Waals surface area contributed by atoms with E-state index in [1.165, 1.54) is 0 Å². The zero-order valence-electron chi connectivity index (χ0n) is 15.0. The number of imidazole rings is 1. The van der Waals surface area contributed by atoms with Crippen molar-refractivity contribution in [2.45, 2.75) is 32.6 Å². The van der Waals surface area contributed by atoms with Crippen molar-refractivity contribution in [3.63, 3.8) is 0 Å². The number of nitrogens with zero attached hydrogens (tertiary/aromatic N) is 3. The first-order valence-corrected chi connectivity index (χ1v) is 8.82. The van der Waals surface area contributed by atoms with Crippen LogP contribution in [0.4, 0.5) is 0 Å². The lowest BCUT2D eigenvalue weighted by molar-refractivity contribution is 0.0672. The van der Waals surface area contributed by atoms with Crippen LogP contribution in [-0.2, 0) is 7.05 Å². The van der Waals surface area contributed by atoms with E-state index in [0.29, 0.717) is 12.3 Å².